The second-order valence-corrected chi connectivity index (χ2v) is 20.0. The molecule has 0 aromatic heterocycles. The van der Waals surface area contributed by atoms with Crippen LogP contribution in [0.15, 0.2) is 47.6 Å². The molecule has 0 spiro atoms. The summed E-state index contributed by atoms with van der Waals surface area (Å²) in [6.45, 7) is 15.1. The van der Waals surface area contributed by atoms with Crippen LogP contribution in [0, 0.1) is 41.4 Å². The van der Waals surface area contributed by atoms with Crippen LogP contribution in [-0.2, 0) is 47.7 Å². The molecule has 0 aromatic carbocycles. The van der Waals surface area contributed by atoms with Gasteiger partial charge in [-0.05, 0) is 113 Å². The normalized spacial score (nSPS) is 39.1. The second kappa shape index (κ2) is 25.2. The van der Waals surface area contributed by atoms with Gasteiger partial charge in [0.25, 0.3) is 11.7 Å². The molecule has 2 bridgehead atoms. The molecule has 65 heavy (non-hydrogen) atoms. The molecule has 0 aromatic rings. The Kier molecular flexibility index (Phi) is 21.0. The van der Waals surface area contributed by atoms with Gasteiger partial charge in [-0.1, -0.05) is 78.0 Å². The Morgan fingerprint density at radius 1 is 0.846 bits per heavy atom. The first-order valence-corrected chi connectivity index (χ1v) is 24.2. The number of aliphatic hydroxyl groups excluding tert-OH is 1. The van der Waals surface area contributed by atoms with Crippen molar-refractivity contribution in [2.24, 2.45) is 41.4 Å². The standard InChI is InChI=1S/C52H81NO12/c1-31-17-13-12-14-18-32(2)44(62-10)29-40-23-21-38(8)52(60,65-40)49(57)50(58)53-24-16-15-19-41(53)51(59)64-45(35(5)27-39-22-20-33(3)43(28-39)61-9)30-42(54)34(4)26-37(7)47(56)48(63-11)46(55)36(6)25-31/h12-14,17-18,26,31,33-36,38-41,43-45,47-48,56,60H,15-16,19-25,27-30H2,1-11H3/b14-12?,17-13+,32-18?,37-26+/t31?,33-,34?,35?,36?,38?,39-,40?,41-,43?,44?,45?,47?,48?,52?/m0/s1. The average Bonchev–Trinajstić information content (AvgIpc) is 3.28. The zero-order valence-corrected chi connectivity index (χ0v) is 41.2. The fourth-order valence-corrected chi connectivity index (χ4v) is 10.4. The highest BCUT2D eigenvalue weighted by atomic mass is 16.6. The van der Waals surface area contributed by atoms with E-state index in [1.165, 1.54) is 12.0 Å². The number of fused-ring (bicyclic) bond motifs is 3. The van der Waals surface area contributed by atoms with Gasteiger partial charge < -0.3 is 38.8 Å². The number of allylic oxidation sites excluding steroid dienone is 6. The Hall–Kier alpha value is -3.33. The van der Waals surface area contributed by atoms with Gasteiger partial charge in [0.05, 0.1) is 18.3 Å². The van der Waals surface area contributed by atoms with Crippen molar-refractivity contribution in [2.75, 3.05) is 27.9 Å². The average molecular weight is 912 g/mol. The fourth-order valence-electron chi connectivity index (χ4n) is 10.4. The summed E-state index contributed by atoms with van der Waals surface area (Å²) >= 11 is 0. The van der Waals surface area contributed by atoms with Crippen molar-refractivity contribution in [1.82, 2.24) is 4.90 Å². The van der Waals surface area contributed by atoms with Crippen molar-refractivity contribution in [3.8, 4) is 0 Å². The first-order valence-electron chi connectivity index (χ1n) is 24.2. The van der Waals surface area contributed by atoms with Gasteiger partial charge >= 0.3 is 5.97 Å². The summed E-state index contributed by atoms with van der Waals surface area (Å²) in [5, 5.41) is 23.4. The Morgan fingerprint density at radius 2 is 1.57 bits per heavy atom. The van der Waals surface area contributed by atoms with Crippen LogP contribution in [0.3, 0.4) is 0 Å². The molecule has 3 aliphatic heterocycles. The highest BCUT2D eigenvalue weighted by molar-refractivity contribution is 6.39. The minimum Gasteiger partial charge on any atom is -0.460 e. The number of rotatable bonds is 6. The van der Waals surface area contributed by atoms with E-state index >= 15 is 0 Å². The van der Waals surface area contributed by atoms with Crippen LogP contribution in [0.5, 0.6) is 0 Å². The van der Waals surface area contributed by atoms with E-state index in [-0.39, 0.29) is 54.8 Å². The molecular weight excluding hydrogens is 831 g/mol. The molecule has 1 aliphatic carbocycles. The Bertz CT molecular complexity index is 1750. The Morgan fingerprint density at radius 3 is 2.25 bits per heavy atom. The second-order valence-electron chi connectivity index (χ2n) is 20.0. The van der Waals surface area contributed by atoms with Crippen LogP contribution < -0.4 is 0 Å². The summed E-state index contributed by atoms with van der Waals surface area (Å²) in [6, 6.07) is -1.11. The number of piperidine rings is 1. The third-order valence-electron chi connectivity index (χ3n) is 14.8. The lowest BCUT2D eigenvalue weighted by molar-refractivity contribution is -0.265. The first-order chi connectivity index (χ1) is 30.7. The summed E-state index contributed by atoms with van der Waals surface area (Å²) in [5.41, 5.74) is 1.30. The number of ketones is 3. The van der Waals surface area contributed by atoms with Crippen LogP contribution in [-0.4, -0.2) is 121 Å². The van der Waals surface area contributed by atoms with Gasteiger partial charge in [-0.2, -0.15) is 0 Å². The van der Waals surface area contributed by atoms with Crippen molar-refractivity contribution < 1.29 is 57.9 Å². The number of amides is 1. The maximum absolute atomic E-state index is 14.4. The summed E-state index contributed by atoms with van der Waals surface area (Å²) in [7, 11) is 4.70. The lowest BCUT2D eigenvalue weighted by Gasteiger charge is -2.42. The number of carbonyl (C=O) groups is 5. The third kappa shape index (κ3) is 14.3. The predicted molar refractivity (Wildman–Crippen MR) is 248 cm³/mol. The first kappa shape index (κ1) is 54.3. The van der Waals surface area contributed by atoms with Crippen molar-refractivity contribution in [3.05, 3.63) is 47.6 Å². The SMILES string of the molecule is COC1CC2CCC(C)C(O)(O2)C(=O)C(=O)N2CCCC[C@H]2C(=O)OC(C(C)C[C@@H]2CC[C@H](C)C(OC)C2)CC(=O)C(C)/C=C(\C)C(O)C(OC)C(=O)C(C)CC(C)/C=C/C=CC=C1C. The number of cyclic esters (lactones) is 1. The van der Waals surface area contributed by atoms with Crippen molar-refractivity contribution >= 4 is 29.2 Å². The monoisotopic (exact) mass is 912 g/mol. The number of methoxy groups -OCH3 is 3. The van der Waals surface area contributed by atoms with E-state index in [1.54, 1.807) is 41.1 Å². The van der Waals surface area contributed by atoms with Gasteiger partial charge in [-0.15, -0.1) is 0 Å². The summed E-state index contributed by atoms with van der Waals surface area (Å²) in [6.07, 6.45) is 13.6. The van der Waals surface area contributed by atoms with Crippen molar-refractivity contribution in [1.29, 1.82) is 0 Å². The summed E-state index contributed by atoms with van der Waals surface area (Å²) in [5.74, 6) is -7.07. The zero-order valence-electron chi connectivity index (χ0n) is 41.2. The lowest BCUT2D eigenvalue weighted by Crippen LogP contribution is -2.61. The van der Waals surface area contributed by atoms with Crippen LogP contribution in [0.25, 0.3) is 0 Å². The van der Waals surface area contributed by atoms with Gasteiger partial charge in [0.1, 0.15) is 30.1 Å². The largest absolute Gasteiger partial charge is 0.460 e. The molecule has 3 heterocycles. The predicted octanol–water partition coefficient (Wildman–Crippen LogP) is 7.46. The molecule has 13 heteroatoms. The minimum absolute atomic E-state index is 0.0304. The van der Waals surface area contributed by atoms with E-state index in [1.807, 2.05) is 58.1 Å². The lowest BCUT2D eigenvalue weighted by atomic mass is 9.76. The quantitative estimate of drug-likeness (QED) is 0.153. The number of Topliss-reactive ketones (excluding diaryl/α,β-unsaturated/α-hetero) is 3. The molecule has 4 aliphatic rings. The molecule has 2 saturated heterocycles. The van der Waals surface area contributed by atoms with Crippen molar-refractivity contribution in [2.45, 2.75) is 181 Å². The molecule has 2 N–H and O–H groups in total. The summed E-state index contributed by atoms with van der Waals surface area (Å²) in [4.78, 5) is 71.9. The van der Waals surface area contributed by atoms with Crippen LogP contribution >= 0.6 is 0 Å². The fraction of sp³-hybridized carbons (Fsp3) is 0.750. The number of nitrogens with zero attached hydrogens (tertiary/aromatic N) is 1. The number of esters is 1. The summed E-state index contributed by atoms with van der Waals surface area (Å²) < 4.78 is 29.7. The van der Waals surface area contributed by atoms with E-state index in [4.69, 9.17) is 23.7 Å². The number of hydrogen-bond donors (Lipinski definition) is 2. The molecular formula is C52H81NO12. The molecule has 366 valence electrons. The molecule has 1 saturated carbocycles. The zero-order chi connectivity index (χ0) is 48.2. The van der Waals surface area contributed by atoms with Crippen LogP contribution in [0.4, 0.5) is 0 Å². The molecule has 0 radical (unpaired) electrons. The van der Waals surface area contributed by atoms with E-state index in [0.717, 1.165) is 24.8 Å². The highest BCUT2D eigenvalue weighted by Gasteiger charge is 2.53. The molecule has 4 rings (SSSR count). The number of hydrogen-bond acceptors (Lipinski definition) is 12. The third-order valence-corrected chi connectivity index (χ3v) is 14.8. The van der Waals surface area contributed by atoms with E-state index in [0.29, 0.717) is 56.4 Å². The van der Waals surface area contributed by atoms with E-state index in [2.05, 4.69) is 6.92 Å². The number of aliphatic hydroxyl groups is 2. The Labute approximate surface area is 388 Å². The van der Waals surface area contributed by atoms with Crippen LogP contribution in [0.2, 0.25) is 0 Å². The molecule has 15 atom stereocenters. The van der Waals surface area contributed by atoms with E-state index < -0.39 is 77.8 Å². The topological polar surface area (TPSA) is 175 Å². The maximum atomic E-state index is 14.4. The van der Waals surface area contributed by atoms with Crippen LogP contribution in [0.1, 0.15) is 132 Å². The van der Waals surface area contributed by atoms with Gasteiger partial charge in [0.2, 0.25) is 5.79 Å². The van der Waals surface area contributed by atoms with Crippen molar-refractivity contribution in [3.63, 3.8) is 0 Å². The smallest absolute Gasteiger partial charge is 0.329 e. The minimum atomic E-state index is -2.41. The maximum Gasteiger partial charge on any atom is 0.329 e. The van der Waals surface area contributed by atoms with Gasteiger partial charge in [0, 0.05) is 58.5 Å². The highest BCUT2D eigenvalue weighted by Crippen LogP contribution is 2.38. The molecule has 3 fully saturated rings. The molecule has 12 unspecified atom stereocenters. The van der Waals surface area contributed by atoms with Gasteiger partial charge in [-0.25, -0.2) is 4.79 Å². The van der Waals surface area contributed by atoms with Gasteiger partial charge in [0.15, 0.2) is 5.78 Å². The van der Waals surface area contributed by atoms with Gasteiger partial charge in [-0.3, -0.25) is 19.2 Å². The number of carbonyl (C=O) groups excluding carboxylic acids is 5. The molecule has 13 nitrogen and oxygen atoms in total. The Balaban J connectivity index is 1.70. The number of ether oxygens (including phenoxy) is 5. The van der Waals surface area contributed by atoms with E-state index in [9.17, 15) is 34.2 Å². The molecule has 1 amide bonds.